The molecule has 4 heteroatoms. The van der Waals surface area contributed by atoms with Crippen molar-refractivity contribution in [1.29, 1.82) is 0 Å². The number of piperidine rings is 1. The first kappa shape index (κ1) is 16.0. The van der Waals surface area contributed by atoms with Gasteiger partial charge in [-0.25, -0.2) is 0 Å². The largest absolute Gasteiger partial charge is 0.545 e. The molecule has 0 saturated carbocycles. The molecule has 0 atom stereocenters. The van der Waals surface area contributed by atoms with Crippen LogP contribution in [0.5, 0.6) is 0 Å². The van der Waals surface area contributed by atoms with E-state index in [9.17, 15) is 9.90 Å². The summed E-state index contributed by atoms with van der Waals surface area (Å²) in [6.07, 6.45) is 1.68. The molecule has 0 bridgehead atoms. The summed E-state index contributed by atoms with van der Waals surface area (Å²) >= 11 is 0. The molecular formula is C17H24NO3-. The summed E-state index contributed by atoms with van der Waals surface area (Å²) in [4.78, 5) is 16.9. The van der Waals surface area contributed by atoms with Crippen molar-refractivity contribution in [3.63, 3.8) is 0 Å². The lowest BCUT2D eigenvalue weighted by Gasteiger charge is -2.53. The topological polar surface area (TPSA) is 52.6 Å². The van der Waals surface area contributed by atoms with Crippen LogP contribution in [-0.2, 0) is 4.84 Å². The zero-order valence-electron chi connectivity index (χ0n) is 13.5. The van der Waals surface area contributed by atoms with Crippen LogP contribution in [-0.4, -0.2) is 29.2 Å². The maximum atomic E-state index is 11.4. The van der Waals surface area contributed by atoms with Crippen molar-refractivity contribution in [3.8, 4) is 0 Å². The molecule has 4 nitrogen and oxygen atoms in total. The van der Waals surface area contributed by atoms with E-state index in [0.29, 0.717) is 5.56 Å². The molecular weight excluding hydrogens is 266 g/mol. The highest BCUT2D eigenvalue weighted by molar-refractivity contribution is 5.87. The van der Waals surface area contributed by atoms with Crippen LogP contribution in [0.3, 0.4) is 0 Å². The first-order chi connectivity index (χ1) is 9.69. The van der Waals surface area contributed by atoms with Gasteiger partial charge in [-0.15, -0.1) is 0 Å². The number of nitrogens with zero attached hydrogens (tertiary/aromatic N) is 1. The number of hydrogen-bond acceptors (Lipinski definition) is 4. The summed E-state index contributed by atoms with van der Waals surface area (Å²) < 4.78 is 0. The molecule has 0 spiro atoms. The molecule has 116 valence electrons. The second kappa shape index (κ2) is 5.43. The Labute approximate surface area is 126 Å². The van der Waals surface area contributed by atoms with Gasteiger partial charge >= 0.3 is 0 Å². The molecule has 1 aromatic rings. The van der Waals surface area contributed by atoms with Crippen LogP contribution < -0.4 is 5.11 Å². The van der Waals surface area contributed by atoms with Crippen LogP contribution in [0.2, 0.25) is 0 Å². The van der Waals surface area contributed by atoms with E-state index in [1.807, 2.05) is 17.2 Å². The molecule has 1 aromatic carbocycles. The zero-order valence-corrected chi connectivity index (χ0v) is 13.5. The van der Waals surface area contributed by atoms with Gasteiger partial charge in [0.2, 0.25) is 0 Å². The highest BCUT2D eigenvalue weighted by atomic mass is 16.7. The molecule has 0 unspecified atom stereocenters. The standard InChI is InChI=1S/C17H25NO3/c1-16(2)10-12(11-17(3,4)18(16)21-5)13-8-6-7-9-14(13)15(19)20/h6-9,12H,10-11H2,1-5H3,(H,19,20)/p-1. The molecule has 1 heterocycles. The van der Waals surface area contributed by atoms with E-state index in [1.165, 1.54) is 0 Å². The Kier molecular flexibility index (Phi) is 4.13. The minimum atomic E-state index is -1.10. The molecule has 21 heavy (non-hydrogen) atoms. The molecule has 2 rings (SSSR count). The third-order valence-electron chi connectivity index (χ3n) is 4.39. The van der Waals surface area contributed by atoms with E-state index in [0.717, 1.165) is 18.4 Å². The average Bonchev–Trinajstić information content (AvgIpc) is 2.36. The van der Waals surface area contributed by atoms with Crippen molar-refractivity contribution in [1.82, 2.24) is 5.06 Å². The Morgan fingerprint density at radius 3 is 2.19 bits per heavy atom. The van der Waals surface area contributed by atoms with Crippen molar-refractivity contribution >= 4 is 5.97 Å². The summed E-state index contributed by atoms with van der Waals surface area (Å²) in [5.41, 5.74) is 0.842. The van der Waals surface area contributed by atoms with Gasteiger partial charge in [-0.05, 0) is 52.0 Å². The minimum Gasteiger partial charge on any atom is -0.545 e. The van der Waals surface area contributed by atoms with E-state index in [4.69, 9.17) is 4.84 Å². The fourth-order valence-corrected chi connectivity index (χ4v) is 4.02. The summed E-state index contributed by atoms with van der Waals surface area (Å²) in [5, 5.41) is 13.4. The van der Waals surface area contributed by atoms with Crippen LogP contribution in [0.1, 0.15) is 62.4 Å². The molecule has 1 aliphatic rings. The van der Waals surface area contributed by atoms with Crippen molar-refractivity contribution in [3.05, 3.63) is 35.4 Å². The Hall–Kier alpha value is -1.39. The van der Waals surface area contributed by atoms with Gasteiger partial charge in [0, 0.05) is 16.6 Å². The number of carbonyl (C=O) groups excluding carboxylic acids is 1. The van der Waals surface area contributed by atoms with Gasteiger partial charge in [0.05, 0.1) is 13.1 Å². The number of hydrogen-bond donors (Lipinski definition) is 0. The van der Waals surface area contributed by atoms with Gasteiger partial charge in [-0.2, -0.15) is 5.06 Å². The second-order valence-corrected chi connectivity index (χ2v) is 7.08. The van der Waals surface area contributed by atoms with Crippen molar-refractivity contribution < 1.29 is 14.7 Å². The Morgan fingerprint density at radius 1 is 1.19 bits per heavy atom. The quantitative estimate of drug-likeness (QED) is 0.857. The van der Waals surface area contributed by atoms with Crippen LogP contribution >= 0.6 is 0 Å². The predicted octanol–water partition coefficient (Wildman–Crippen LogP) is 2.35. The molecule has 0 N–H and O–H groups in total. The first-order valence-electron chi connectivity index (χ1n) is 7.34. The molecule has 1 aliphatic heterocycles. The Bertz CT molecular complexity index is 519. The van der Waals surface area contributed by atoms with Crippen molar-refractivity contribution in [2.24, 2.45) is 0 Å². The van der Waals surface area contributed by atoms with Gasteiger partial charge in [0.25, 0.3) is 0 Å². The highest BCUT2D eigenvalue weighted by Crippen LogP contribution is 2.46. The number of aromatic carboxylic acids is 1. The molecule has 0 amide bonds. The summed E-state index contributed by atoms with van der Waals surface area (Å²) in [6, 6.07) is 7.18. The number of hydroxylamine groups is 2. The third-order valence-corrected chi connectivity index (χ3v) is 4.39. The second-order valence-electron chi connectivity index (χ2n) is 7.08. The molecule has 0 aliphatic carbocycles. The van der Waals surface area contributed by atoms with E-state index >= 15 is 0 Å². The monoisotopic (exact) mass is 290 g/mol. The number of carboxylic acid groups (broad SMARTS) is 1. The summed E-state index contributed by atoms with van der Waals surface area (Å²) in [5.74, 6) is -0.925. The molecule has 1 fully saturated rings. The highest BCUT2D eigenvalue weighted by Gasteiger charge is 2.46. The van der Waals surface area contributed by atoms with Gasteiger partial charge < -0.3 is 14.7 Å². The first-order valence-corrected chi connectivity index (χ1v) is 7.34. The lowest BCUT2D eigenvalue weighted by atomic mass is 9.72. The maximum absolute atomic E-state index is 11.4. The van der Waals surface area contributed by atoms with Crippen LogP contribution in [0.4, 0.5) is 0 Å². The fraction of sp³-hybridized carbons (Fsp3) is 0.588. The summed E-state index contributed by atoms with van der Waals surface area (Å²) in [7, 11) is 1.69. The normalized spacial score (nSPS) is 22.1. The van der Waals surface area contributed by atoms with Crippen LogP contribution in [0.15, 0.2) is 24.3 Å². The third kappa shape index (κ3) is 2.97. The van der Waals surface area contributed by atoms with Gasteiger partial charge in [0.15, 0.2) is 0 Å². The van der Waals surface area contributed by atoms with E-state index in [-0.39, 0.29) is 17.0 Å². The van der Waals surface area contributed by atoms with Gasteiger partial charge in [-0.1, -0.05) is 24.3 Å². The number of carbonyl (C=O) groups is 1. The number of benzene rings is 1. The number of carboxylic acids is 1. The SMILES string of the molecule is CON1C(C)(C)CC(c2ccccc2C(=O)[O-])CC1(C)C. The summed E-state index contributed by atoms with van der Waals surface area (Å²) in [6.45, 7) is 8.52. The van der Waals surface area contributed by atoms with E-state index in [1.54, 1.807) is 19.2 Å². The van der Waals surface area contributed by atoms with Crippen LogP contribution in [0, 0.1) is 0 Å². The predicted molar refractivity (Wildman–Crippen MR) is 79.8 cm³/mol. The average molecular weight is 290 g/mol. The van der Waals surface area contributed by atoms with E-state index in [2.05, 4.69) is 27.7 Å². The number of rotatable bonds is 3. The van der Waals surface area contributed by atoms with Gasteiger partial charge in [-0.3, -0.25) is 0 Å². The van der Waals surface area contributed by atoms with E-state index < -0.39 is 5.97 Å². The maximum Gasteiger partial charge on any atom is 0.0718 e. The smallest absolute Gasteiger partial charge is 0.0718 e. The Balaban J connectivity index is 2.41. The van der Waals surface area contributed by atoms with Crippen molar-refractivity contribution in [2.75, 3.05) is 7.11 Å². The van der Waals surface area contributed by atoms with Crippen LogP contribution in [0.25, 0.3) is 0 Å². The fourth-order valence-electron chi connectivity index (χ4n) is 4.02. The lowest BCUT2D eigenvalue weighted by Crippen LogP contribution is -2.59. The molecule has 0 aromatic heterocycles. The molecule has 1 saturated heterocycles. The van der Waals surface area contributed by atoms with Crippen molar-refractivity contribution in [2.45, 2.75) is 57.5 Å². The minimum absolute atomic E-state index is 0.166. The van der Waals surface area contributed by atoms with Gasteiger partial charge in [0.1, 0.15) is 0 Å². The zero-order chi connectivity index (χ0) is 15.8. The lowest BCUT2D eigenvalue weighted by molar-refractivity contribution is -0.267. The Morgan fingerprint density at radius 2 is 1.71 bits per heavy atom. The molecule has 0 radical (unpaired) electrons.